The van der Waals surface area contributed by atoms with Gasteiger partial charge in [-0.2, -0.15) is 0 Å². The number of nitrogens with one attached hydrogen (secondary N) is 1. The number of hydrogen-bond donors (Lipinski definition) is 1. The molecule has 0 atom stereocenters. The van der Waals surface area contributed by atoms with Gasteiger partial charge in [0.05, 0.1) is 6.61 Å². The van der Waals surface area contributed by atoms with Gasteiger partial charge in [-0.05, 0) is 55.7 Å². The van der Waals surface area contributed by atoms with Crippen LogP contribution in [0.1, 0.15) is 31.7 Å². The van der Waals surface area contributed by atoms with Gasteiger partial charge in [0.25, 0.3) is 0 Å². The number of ether oxygens (including phenoxy) is 1. The highest BCUT2D eigenvalue weighted by atomic mass is 16.5. The van der Waals surface area contributed by atoms with Crippen molar-refractivity contribution in [1.29, 1.82) is 0 Å². The van der Waals surface area contributed by atoms with E-state index in [1.807, 2.05) is 30.6 Å². The molecular formula is C21H27N3O. The molecule has 1 aromatic carbocycles. The summed E-state index contributed by atoms with van der Waals surface area (Å²) in [7, 11) is 0. The molecule has 3 rings (SSSR count). The molecule has 0 aliphatic rings. The Hall–Kier alpha value is -2.49. The molecular weight excluding hydrogens is 310 g/mol. The van der Waals surface area contributed by atoms with Crippen LogP contribution in [0.5, 0.6) is 5.75 Å². The number of anilines is 1. The van der Waals surface area contributed by atoms with Gasteiger partial charge < -0.3 is 14.6 Å². The quantitative estimate of drug-likeness (QED) is 0.562. The summed E-state index contributed by atoms with van der Waals surface area (Å²) >= 11 is 0. The predicted octanol–water partition coefficient (Wildman–Crippen LogP) is 4.95. The molecule has 0 spiro atoms. The lowest BCUT2D eigenvalue weighted by atomic mass is 10.2. The van der Waals surface area contributed by atoms with E-state index in [1.54, 1.807) is 0 Å². The van der Waals surface area contributed by atoms with Gasteiger partial charge >= 0.3 is 0 Å². The van der Waals surface area contributed by atoms with E-state index in [2.05, 4.69) is 46.9 Å². The van der Waals surface area contributed by atoms with Crippen molar-refractivity contribution in [2.45, 2.75) is 33.1 Å². The van der Waals surface area contributed by atoms with Gasteiger partial charge in [0.1, 0.15) is 11.6 Å². The molecule has 0 unspecified atom stereocenters. The van der Waals surface area contributed by atoms with E-state index in [0.717, 1.165) is 36.6 Å². The van der Waals surface area contributed by atoms with E-state index in [1.165, 1.54) is 23.8 Å². The third-order valence-electron chi connectivity index (χ3n) is 4.46. The maximum atomic E-state index is 5.97. The first kappa shape index (κ1) is 17.3. The van der Waals surface area contributed by atoms with Crippen molar-refractivity contribution in [3.63, 3.8) is 0 Å². The maximum Gasteiger partial charge on any atom is 0.128 e. The number of aromatic amines is 1. The minimum Gasteiger partial charge on any atom is -0.494 e. The topological polar surface area (TPSA) is 41.1 Å². The smallest absolute Gasteiger partial charge is 0.128 e. The largest absolute Gasteiger partial charge is 0.494 e. The molecule has 2 heterocycles. The second-order valence-electron chi connectivity index (χ2n) is 6.41. The van der Waals surface area contributed by atoms with Crippen LogP contribution in [0, 0.1) is 6.92 Å². The third-order valence-corrected chi connectivity index (χ3v) is 4.46. The molecule has 132 valence electrons. The van der Waals surface area contributed by atoms with Crippen LogP contribution >= 0.6 is 0 Å². The first-order valence-corrected chi connectivity index (χ1v) is 9.14. The van der Waals surface area contributed by atoms with Crippen molar-refractivity contribution in [2.24, 2.45) is 0 Å². The Kier molecular flexibility index (Phi) is 5.94. The zero-order valence-corrected chi connectivity index (χ0v) is 15.2. The molecule has 1 N–H and O–H groups in total. The lowest BCUT2D eigenvalue weighted by molar-refractivity contribution is 0.312. The summed E-state index contributed by atoms with van der Waals surface area (Å²) in [5.41, 5.74) is 2.41. The van der Waals surface area contributed by atoms with Gasteiger partial charge in [-0.1, -0.05) is 19.4 Å². The van der Waals surface area contributed by atoms with Crippen molar-refractivity contribution < 1.29 is 4.74 Å². The molecule has 25 heavy (non-hydrogen) atoms. The number of rotatable bonds is 9. The lowest BCUT2D eigenvalue weighted by Crippen LogP contribution is -2.27. The molecule has 0 amide bonds. The van der Waals surface area contributed by atoms with Crippen molar-refractivity contribution in [3.05, 3.63) is 54.4 Å². The van der Waals surface area contributed by atoms with E-state index >= 15 is 0 Å². The Labute approximate surface area is 149 Å². The minimum atomic E-state index is 0.713. The van der Waals surface area contributed by atoms with Gasteiger partial charge in [0, 0.05) is 36.4 Å². The van der Waals surface area contributed by atoms with Crippen LogP contribution in [-0.4, -0.2) is 29.7 Å². The van der Waals surface area contributed by atoms with Crippen molar-refractivity contribution in [3.8, 4) is 5.75 Å². The van der Waals surface area contributed by atoms with Gasteiger partial charge in [-0.3, -0.25) is 0 Å². The lowest BCUT2D eigenvalue weighted by Gasteiger charge is -2.23. The number of pyridine rings is 1. The summed E-state index contributed by atoms with van der Waals surface area (Å²) in [6, 6.07) is 12.3. The first-order chi connectivity index (χ1) is 12.3. The highest BCUT2D eigenvalue weighted by Crippen LogP contribution is 2.23. The highest BCUT2D eigenvalue weighted by Gasteiger charge is 2.07. The second-order valence-corrected chi connectivity index (χ2v) is 6.41. The fraction of sp³-hybridized carbons (Fsp3) is 0.381. The number of fused-ring (bicyclic) bond motifs is 1. The summed E-state index contributed by atoms with van der Waals surface area (Å²) in [5, 5.41) is 1.23. The summed E-state index contributed by atoms with van der Waals surface area (Å²) < 4.78 is 5.97. The number of benzene rings is 1. The molecule has 0 aliphatic carbocycles. The highest BCUT2D eigenvalue weighted by molar-refractivity contribution is 5.84. The SMILES string of the molecule is CCCCN(CCCOc1ccc2[nH]cc(C)c2c1)c1ccccn1. The van der Waals surface area contributed by atoms with E-state index in [-0.39, 0.29) is 0 Å². The van der Waals surface area contributed by atoms with Gasteiger partial charge in [0.15, 0.2) is 0 Å². The van der Waals surface area contributed by atoms with Crippen LogP contribution in [0.4, 0.5) is 5.82 Å². The number of hydrogen-bond acceptors (Lipinski definition) is 3. The summed E-state index contributed by atoms with van der Waals surface area (Å²) in [5.74, 6) is 1.99. The summed E-state index contributed by atoms with van der Waals surface area (Å²) in [6.07, 6.45) is 7.24. The molecule has 0 saturated heterocycles. The molecule has 3 aromatic rings. The van der Waals surface area contributed by atoms with Crippen LogP contribution in [0.15, 0.2) is 48.8 Å². The first-order valence-electron chi connectivity index (χ1n) is 9.14. The molecule has 0 aliphatic heterocycles. The standard InChI is InChI=1S/C21H27N3O/c1-3-4-12-24(21-8-5-6-11-22-21)13-7-14-25-18-9-10-20-19(15-18)17(2)16-23-20/h5-6,8-11,15-16,23H,3-4,7,12-14H2,1-2H3. The summed E-state index contributed by atoms with van der Waals surface area (Å²) in [4.78, 5) is 10.1. The Morgan fingerprint density at radius 2 is 2.00 bits per heavy atom. The fourth-order valence-electron chi connectivity index (χ4n) is 3.01. The Morgan fingerprint density at radius 3 is 2.80 bits per heavy atom. The fourth-order valence-corrected chi connectivity index (χ4v) is 3.01. The van der Waals surface area contributed by atoms with E-state index in [0.29, 0.717) is 6.61 Å². The monoisotopic (exact) mass is 337 g/mol. The average molecular weight is 337 g/mol. The average Bonchev–Trinajstić information content (AvgIpc) is 3.02. The van der Waals surface area contributed by atoms with Crippen molar-refractivity contribution >= 4 is 16.7 Å². The normalized spacial score (nSPS) is 11.0. The Morgan fingerprint density at radius 1 is 1.12 bits per heavy atom. The molecule has 2 aromatic heterocycles. The van der Waals surface area contributed by atoms with Crippen LogP contribution < -0.4 is 9.64 Å². The van der Waals surface area contributed by atoms with E-state index in [9.17, 15) is 0 Å². The van der Waals surface area contributed by atoms with E-state index < -0.39 is 0 Å². The molecule has 0 bridgehead atoms. The number of aryl methyl sites for hydroxylation is 1. The minimum absolute atomic E-state index is 0.713. The zero-order chi connectivity index (χ0) is 17.5. The third kappa shape index (κ3) is 4.53. The second kappa shape index (κ2) is 8.56. The predicted molar refractivity (Wildman–Crippen MR) is 105 cm³/mol. The molecule has 0 saturated carbocycles. The molecule has 0 radical (unpaired) electrons. The number of H-pyrrole nitrogens is 1. The Bertz CT molecular complexity index is 782. The molecule has 0 fully saturated rings. The van der Waals surface area contributed by atoms with Gasteiger partial charge in [0.2, 0.25) is 0 Å². The van der Waals surface area contributed by atoms with Crippen LogP contribution in [0.2, 0.25) is 0 Å². The van der Waals surface area contributed by atoms with Crippen LogP contribution in [0.3, 0.4) is 0 Å². The van der Waals surface area contributed by atoms with Gasteiger partial charge in [-0.15, -0.1) is 0 Å². The van der Waals surface area contributed by atoms with Gasteiger partial charge in [-0.25, -0.2) is 4.98 Å². The maximum absolute atomic E-state index is 5.97. The zero-order valence-electron chi connectivity index (χ0n) is 15.2. The van der Waals surface area contributed by atoms with Crippen LogP contribution in [-0.2, 0) is 0 Å². The Balaban J connectivity index is 1.53. The van der Waals surface area contributed by atoms with Crippen molar-refractivity contribution in [2.75, 3.05) is 24.6 Å². The summed E-state index contributed by atoms with van der Waals surface area (Å²) in [6.45, 7) is 7.05. The van der Waals surface area contributed by atoms with Crippen LogP contribution in [0.25, 0.3) is 10.9 Å². The number of unbranched alkanes of at least 4 members (excludes halogenated alkanes) is 1. The number of aromatic nitrogens is 2. The molecule has 4 nitrogen and oxygen atoms in total. The molecule has 4 heteroatoms. The number of nitrogens with zero attached hydrogens (tertiary/aromatic N) is 2. The van der Waals surface area contributed by atoms with E-state index in [4.69, 9.17) is 4.74 Å². The van der Waals surface area contributed by atoms with Crippen molar-refractivity contribution in [1.82, 2.24) is 9.97 Å².